The molecule has 1 aliphatic rings. The minimum atomic E-state index is 0.168. The van der Waals surface area contributed by atoms with Gasteiger partial charge in [-0.15, -0.1) is 0 Å². The lowest BCUT2D eigenvalue weighted by Crippen LogP contribution is -2.33. The molecule has 2 N–H and O–H groups in total. The van der Waals surface area contributed by atoms with Gasteiger partial charge in [0, 0.05) is 44.9 Å². The van der Waals surface area contributed by atoms with Gasteiger partial charge in [-0.05, 0) is 26.0 Å². The van der Waals surface area contributed by atoms with Crippen LogP contribution < -0.4 is 4.90 Å². The Morgan fingerprint density at radius 2 is 2.10 bits per heavy atom. The van der Waals surface area contributed by atoms with Crippen molar-refractivity contribution in [3.05, 3.63) is 18.1 Å². The molecule has 0 spiro atoms. The second-order valence-corrected chi connectivity index (χ2v) is 5.56. The average Bonchev–Trinajstić information content (AvgIpc) is 2.82. The van der Waals surface area contributed by atoms with E-state index in [0.29, 0.717) is 12.5 Å². The Balaban J connectivity index is 2.02. The molecule has 20 heavy (non-hydrogen) atoms. The van der Waals surface area contributed by atoms with E-state index < -0.39 is 0 Å². The van der Waals surface area contributed by atoms with Gasteiger partial charge in [-0.2, -0.15) is 0 Å². The minimum Gasteiger partial charge on any atom is -0.396 e. The molecule has 1 fully saturated rings. The summed E-state index contributed by atoms with van der Waals surface area (Å²) in [6.07, 6.45) is 1.77. The van der Waals surface area contributed by atoms with Gasteiger partial charge >= 0.3 is 0 Å². The SMILES string of the molecule is Cc1nccc(N2C[C@@H](CN(C)CCO)[C@@H](CO)C2)n1. The lowest BCUT2D eigenvalue weighted by molar-refractivity contribution is 0.160. The number of aliphatic hydroxyl groups excluding tert-OH is 2. The molecule has 112 valence electrons. The molecule has 2 rings (SSSR count). The van der Waals surface area contributed by atoms with Crippen molar-refractivity contribution in [2.75, 3.05) is 51.3 Å². The molecular weight excluding hydrogens is 256 g/mol. The lowest BCUT2D eigenvalue weighted by Gasteiger charge is -2.23. The quantitative estimate of drug-likeness (QED) is 0.749. The third kappa shape index (κ3) is 3.65. The molecule has 0 amide bonds. The highest BCUT2D eigenvalue weighted by Crippen LogP contribution is 2.27. The summed E-state index contributed by atoms with van der Waals surface area (Å²) in [6.45, 7) is 5.51. The number of aromatic nitrogens is 2. The molecule has 0 saturated carbocycles. The number of aliphatic hydroxyl groups is 2. The van der Waals surface area contributed by atoms with E-state index >= 15 is 0 Å². The molecule has 6 heteroatoms. The predicted octanol–water partition coefficient (Wildman–Crippen LogP) is -0.246. The normalized spacial score (nSPS) is 22.8. The number of hydrogen-bond donors (Lipinski definition) is 2. The van der Waals surface area contributed by atoms with Crippen molar-refractivity contribution < 1.29 is 10.2 Å². The zero-order chi connectivity index (χ0) is 14.5. The van der Waals surface area contributed by atoms with Crippen molar-refractivity contribution in [3.8, 4) is 0 Å². The summed E-state index contributed by atoms with van der Waals surface area (Å²) in [7, 11) is 2.00. The van der Waals surface area contributed by atoms with E-state index in [-0.39, 0.29) is 19.1 Å². The molecule has 2 heterocycles. The Morgan fingerprint density at radius 3 is 2.75 bits per heavy atom. The van der Waals surface area contributed by atoms with E-state index in [4.69, 9.17) is 5.11 Å². The molecule has 0 bridgehead atoms. The lowest BCUT2D eigenvalue weighted by atomic mass is 9.96. The monoisotopic (exact) mass is 280 g/mol. The molecule has 0 aliphatic carbocycles. The summed E-state index contributed by atoms with van der Waals surface area (Å²) in [5.74, 6) is 2.35. The fourth-order valence-corrected chi connectivity index (χ4v) is 2.82. The summed E-state index contributed by atoms with van der Waals surface area (Å²) in [4.78, 5) is 12.9. The van der Waals surface area contributed by atoms with Crippen LogP contribution in [0.15, 0.2) is 12.3 Å². The highest BCUT2D eigenvalue weighted by atomic mass is 16.3. The maximum Gasteiger partial charge on any atom is 0.132 e. The highest BCUT2D eigenvalue weighted by molar-refractivity contribution is 5.39. The fraction of sp³-hybridized carbons (Fsp3) is 0.714. The first-order valence-electron chi connectivity index (χ1n) is 7.09. The van der Waals surface area contributed by atoms with Gasteiger partial charge in [0.2, 0.25) is 0 Å². The van der Waals surface area contributed by atoms with Crippen molar-refractivity contribution in [2.45, 2.75) is 6.92 Å². The smallest absolute Gasteiger partial charge is 0.132 e. The number of anilines is 1. The van der Waals surface area contributed by atoms with Gasteiger partial charge in [0.05, 0.1) is 6.61 Å². The molecule has 0 radical (unpaired) electrons. The Kier molecular flexibility index (Phi) is 5.28. The van der Waals surface area contributed by atoms with Gasteiger partial charge < -0.3 is 20.0 Å². The first-order chi connectivity index (χ1) is 9.63. The van der Waals surface area contributed by atoms with Crippen LogP contribution in [-0.2, 0) is 0 Å². The number of likely N-dealkylation sites (N-methyl/N-ethyl adjacent to an activating group) is 1. The van der Waals surface area contributed by atoms with Crippen molar-refractivity contribution in [1.82, 2.24) is 14.9 Å². The second kappa shape index (κ2) is 6.97. The van der Waals surface area contributed by atoms with Gasteiger partial charge in [0.1, 0.15) is 11.6 Å². The van der Waals surface area contributed by atoms with Crippen LogP contribution >= 0.6 is 0 Å². The molecule has 1 aliphatic heterocycles. The van der Waals surface area contributed by atoms with Crippen LogP contribution in [0.5, 0.6) is 0 Å². The summed E-state index contributed by atoms with van der Waals surface area (Å²) in [5.41, 5.74) is 0. The topological polar surface area (TPSA) is 72.7 Å². The van der Waals surface area contributed by atoms with Crippen LogP contribution in [0.25, 0.3) is 0 Å². The van der Waals surface area contributed by atoms with Crippen molar-refractivity contribution in [2.24, 2.45) is 11.8 Å². The van der Waals surface area contributed by atoms with Crippen LogP contribution in [0.3, 0.4) is 0 Å². The Labute approximate surface area is 120 Å². The number of nitrogens with zero attached hydrogens (tertiary/aromatic N) is 4. The van der Waals surface area contributed by atoms with E-state index in [2.05, 4.69) is 19.8 Å². The first kappa shape index (κ1) is 15.2. The maximum absolute atomic E-state index is 9.57. The zero-order valence-corrected chi connectivity index (χ0v) is 12.2. The van der Waals surface area contributed by atoms with Crippen molar-refractivity contribution in [1.29, 1.82) is 0 Å². The van der Waals surface area contributed by atoms with Crippen LogP contribution in [0, 0.1) is 18.8 Å². The second-order valence-electron chi connectivity index (χ2n) is 5.56. The summed E-state index contributed by atoms with van der Waals surface area (Å²) < 4.78 is 0. The molecule has 1 saturated heterocycles. The summed E-state index contributed by atoms with van der Waals surface area (Å²) >= 11 is 0. The van der Waals surface area contributed by atoms with E-state index in [1.807, 2.05) is 20.0 Å². The average molecular weight is 280 g/mol. The van der Waals surface area contributed by atoms with Crippen LogP contribution in [0.2, 0.25) is 0 Å². The van der Waals surface area contributed by atoms with E-state index in [1.54, 1.807) is 6.20 Å². The Bertz CT molecular complexity index is 429. The maximum atomic E-state index is 9.57. The number of hydrogen-bond acceptors (Lipinski definition) is 6. The van der Waals surface area contributed by atoms with Crippen LogP contribution in [-0.4, -0.2) is 71.5 Å². The molecule has 6 nitrogen and oxygen atoms in total. The molecule has 1 aromatic heterocycles. The first-order valence-corrected chi connectivity index (χ1v) is 7.09. The molecule has 2 atom stereocenters. The van der Waals surface area contributed by atoms with Crippen LogP contribution in [0.4, 0.5) is 5.82 Å². The Morgan fingerprint density at radius 1 is 1.35 bits per heavy atom. The van der Waals surface area contributed by atoms with Gasteiger partial charge in [0.15, 0.2) is 0 Å². The third-order valence-corrected chi connectivity index (χ3v) is 3.92. The van der Waals surface area contributed by atoms with Gasteiger partial charge in [-0.1, -0.05) is 0 Å². The largest absolute Gasteiger partial charge is 0.396 e. The van der Waals surface area contributed by atoms with Crippen molar-refractivity contribution >= 4 is 5.82 Å². The molecular formula is C14H24N4O2. The van der Waals surface area contributed by atoms with E-state index in [9.17, 15) is 5.11 Å². The summed E-state index contributed by atoms with van der Waals surface area (Å²) in [5, 5.41) is 18.5. The molecule has 0 aromatic carbocycles. The fourth-order valence-electron chi connectivity index (χ4n) is 2.82. The van der Waals surface area contributed by atoms with Gasteiger partial charge in [0.25, 0.3) is 0 Å². The molecule has 1 aromatic rings. The third-order valence-electron chi connectivity index (χ3n) is 3.92. The number of aryl methyl sites for hydroxylation is 1. The van der Waals surface area contributed by atoms with Gasteiger partial charge in [-0.3, -0.25) is 0 Å². The highest BCUT2D eigenvalue weighted by Gasteiger charge is 2.33. The zero-order valence-electron chi connectivity index (χ0n) is 12.2. The molecule has 0 unspecified atom stereocenters. The van der Waals surface area contributed by atoms with E-state index in [1.165, 1.54) is 0 Å². The summed E-state index contributed by atoms with van der Waals surface area (Å²) in [6, 6.07) is 1.92. The van der Waals surface area contributed by atoms with Crippen molar-refractivity contribution in [3.63, 3.8) is 0 Å². The number of rotatable bonds is 6. The predicted molar refractivity (Wildman–Crippen MR) is 77.6 cm³/mol. The standard InChI is InChI=1S/C14H24N4O2/c1-11-15-4-3-14(16-11)18-8-12(13(9-18)10-20)7-17(2)5-6-19/h3-4,12-13,19-20H,5-10H2,1-2H3/t12-,13-/m1/s1. The van der Waals surface area contributed by atoms with E-state index in [0.717, 1.165) is 31.3 Å². The minimum absolute atomic E-state index is 0.168. The van der Waals surface area contributed by atoms with Gasteiger partial charge in [-0.25, -0.2) is 9.97 Å². The van der Waals surface area contributed by atoms with Crippen LogP contribution in [0.1, 0.15) is 5.82 Å². The Hall–Kier alpha value is -1.24.